The second-order valence-electron chi connectivity index (χ2n) is 8.44. The fourth-order valence-electron chi connectivity index (χ4n) is 4.11. The van der Waals surface area contributed by atoms with Crippen molar-refractivity contribution in [1.82, 2.24) is 20.4 Å². The van der Waals surface area contributed by atoms with Gasteiger partial charge in [-0.1, -0.05) is 59.3 Å². The van der Waals surface area contributed by atoms with Gasteiger partial charge in [0.1, 0.15) is 11.6 Å². The maximum atomic E-state index is 13.8. The van der Waals surface area contributed by atoms with Gasteiger partial charge in [-0.3, -0.25) is 0 Å². The van der Waals surface area contributed by atoms with Crippen LogP contribution in [0.2, 0.25) is 0 Å². The highest BCUT2D eigenvalue weighted by Crippen LogP contribution is 2.38. The Morgan fingerprint density at radius 2 is 1.71 bits per heavy atom. The quantitative estimate of drug-likeness (QED) is 0.338. The second kappa shape index (κ2) is 9.38. The van der Waals surface area contributed by atoms with Crippen molar-refractivity contribution in [2.75, 3.05) is 0 Å². The highest BCUT2D eigenvalue weighted by atomic mass is 32.1. The maximum absolute atomic E-state index is 13.8. The number of nitrogens with one attached hydrogen (secondary N) is 1. The number of rotatable bonds is 5. The van der Waals surface area contributed by atoms with Crippen LogP contribution in [0.5, 0.6) is 0 Å². The molecule has 4 aromatic rings. The summed E-state index contributed by atoms with van der Waals surface area (Å²) in [7, 11) is 0. The average Bonchev–Trinajstić information content (AvgIpc) is 3.33. The SMILES string of the molecule is CC1=C(c2nc(-c3cccc(F)c3)no2)C(c2ccc(F)cc2)NC(=S)N1Cc1ccc(C)cc1. The van der Waals surface area contributed by atoms with Gasteiger partial charge >= 0.3 is 0 Å². The molecule has 0 fully saturated rings. The van der Waals surface area contributed by atoms with Crippen LogP contribution in [0.3, 0.4) is 0 Å². The molecule has 0 spiro atoms. The van der Waals surface area contributed by atoms with Crippen LogP contribution in [0.25, 0.3) is 17.0 Å². The van der Waals surface area contributed by atoms with Gasteiger partial charge in [0.25, 0.3) is 5.89 Å². The van der Waals surface area contributed by atoms with Crippen molar-refractivity contribution in [2.45, 2.75) is 26.4 Å². The first-order valence-corrected chi connectivity index (χ1v) is 11.5. The molecule has 5 nitrogen and oxygen atoms in total. The predicted molar refractivity (Wildman–Crippen MR) is 134 cm³/mol. The highest BCUT2D eigenvalue weighted by Gasteiger charge is 2.34. The van der Waals surface area contributed by atoms with Crippen molar-refractivity contribution >= 4 is 22.9 Å². The minimum Gasteiger partial charge on any atom is -0.351 e. The van der Waals surface area contributed by atoms with Crippen molar-refractivity contribution in [3.63, 3.8) is 0 Å². The van der Waals surface area contributed by atoms with Crippen LogP contribution in [0.1, 0.15) is 35.5 Å². The summed E-state index contributed by atoms with van der Waals surface area (Å²) in [5, 5.41) is 7.98. The Hall–Kier alpha value is -3.91. The van der Waals surface area contributed by atoms with Crippen LogP contribution in [0.4, 0.5) is 8.78 Å². The topological polar surface area (TPSA) is 54.2 Å². The van der Waals surface area contributed by atoms with E-state index in [0.29, 0.717) is 22.8 Å². The summed E-state index contributed by atoms with van der Waals surface area (Å²) in [5.41, 5.74) is 5.11. The van der Waals surface area contributed by atoms with Gasteiger partial charge in [0.15, 0.2) is 5.11 Å². The molecule has 0 bridgehead atoms. The van der Waals surface area contributed by atoms with Crippen LogP contribution in [-0.4, -0.2) is 20.2 Å². The van der Waals surface area contributed by atoms with Gasteiger partial charge in [-0.2, -0.15) is 4.98 Å². The van der Waals surface area contributed by atoms with Crippen LogP contribution >= 0.6 is 12.2 Å². The van der Waals surface area contributed by atoms with E-state index >= 15 is 0 Å². The van der Waals surface area contributed by atoms with Crippen molar-refractivity contribution in [2.24, 2.45) is 0 Å². The number of benzene rings is 3. The summed E-state index contributed by atoms with van der Waals surface area (Å²) in [6, 6.07) is 20.0. The number of halogens is 2. The van der Waals surface area contributed by atoms with E-state index in [1.165, 1.54) is 29.8 Å². The molecule has 2 heterocycles. The molecule has 35 heavy (non-hydrogen) atoms. The van der Waals surface area contributed by atoms with Crippen LogP contribution < -0.4 is 5.32 Å². The molecule has 5 rings (SSSR count). The van der Waals surface area contributed by atoms with E-state index in [1.807, 2.05) is 18.7 Å². The highest BCUT2D eigenvalue weighted by molar-refractivity contribution is 7.80. The third kappa shape index (κ3) is 4.70. The first kappa shape index (κ1) is 22.9. The molecule has 1 aliphatic heterocycles. The van der Waals surface area contributed by atoms with E-state index in [-0.39, 0.29) is 23.3 Å². The lowest BCUT2D eigenvalue weighted by atomic mass is 9.94. The van der Waals surface area contributed by atoms with E-state index in [9.17, 15) is 8.78 Å². The first-order valence-electron chi connectivity index (χ1n) is 11.1. The lowest BCUT2D eigenvalue weighted by molar-refractivity contribution is 0.396. The number of aryl methyl sites for hydroxylation is 1. The molecular formula is C27H22F2N4OS. The number of allylic oxidation sites excluding steroid dienone is 1. The fourth-order valence-corrected chi connectivity index (χ4v) is 4.43. The molecule has 1 unspecified atom stereocenters. The number of hydrogen-bond donors (Lipinski definition) is 1. The molecule has 1 atom stereocenters. The molecular weight excluding hydrogens is 466 g/mol. The third-order valence-corrected chi connectivity index (χ3v) is 6.34. The molecule has 0 saturated carbocycles. The zero-order valence-electron chi connectivity index (χ0n) is 19.1. The smallest absolute Gasteiger partial charge is 0.258 e. The molecule has 0 saturated heterocycles. The van der Waals surface area contributed by atoms with Gasteiger partial charge in [0.05, 0.1) is 11.6 Å². The number of aromatic nitrogens is 2. The van der Waals surface area contributed by atoms with Crippen molar-refractivity contribution in [3.05, 3.63) is 113 Å². The number of hydrogen-bond acceptors (Lipinski definition) is 4. The summed E-state index contributed by atoms with van der Waals surface area (Å²) in [6.45, 7) is 4.53. The number of nitrogens with zero attached hydrogens (tertiary/aromatic N) is 3. The molecule has 1 aromatic heterocycles. The van der Waals surface area contributed by atoms with Crippen LogP contribution in [-0.2, 0) is 6.54 Å². The standard InChI is InChI=1S/C27H22F2N4OS/c1-16-6-8-18(9-7-16)15-33-17(2)23(24(30-27(33)35)19-10-12-21(28)13-11-19)26-31-25(32-34-26)20-4-3-5-22(29)14-20/h3-14,24H,15H2,1-2H3,(H,30,35). The van der Waals surface area contributed by atoms with Crippen LogP contribution in [0.15, 0.2) is 83.0 Å². The Morgan fingerprint density at radius 1 is 0.971 bits per heavy atom. The third-order valence-electron chi connectivity index (χ3n) is 6.00. The molecule has 1 N–H and O–H groups in total. The van der Waals surface area contributed by atoms with Gasteiger partial charge in [-0.25, -0.2) is 8.78 Å². The Bertz CT molecular complexity index is 1410. The van der Waals surface area contributed by atoms with E-state index < -0.39 is 6.04 Å². The largest absolute Gasteiger partial charge is 0.351 e. The lowest BCUT2D eigenvalue weighted by Gasteiger charge is -2.37. The average molecular weight is 489 g/mol. The summed E-state index contributed by atoms with van der Waals surface area (Å²) in [6.07, 6.45) is 0. The Balaban J connectivity index is 1.59. The van der Waals surface area contributed by atoms with Crippen molar-refractivity contribution in [1.29, 1.82) is 0 Å². The molecule has 8 heteroatoms. The Kier molecular flexibility index (Phi) is 6.13. The minimum absolute atomic E-state index is 0.274. The van der Waals surface area contributed by atoms with E-state index in [2.05, 4.69) is 39.7 Å². The van der Waals surface area contributed by atoms with E-state index in [1.54, 1.807) is 24.3 Å². The number of thiocarbonyl (C=S) groups is 1. The molecule has 3 aromatic carbocycles. The summed E-state index contributed by atoms with van der Waals surface area (Å²) >= 11 is 5.73. The predicted octanol–water partition coefficient (Wildman–Crippen LogP) is 6.19. The van der Waals surface area contributed by atoms with E-state index in [4.69, 9.17) is 16.7 Å². The molecule has 176 valence electrons. The van der Waals surface area contributed by atoms with Gasteiger partial charge in [-0.15, -0.1) is 0 Å². The Morgan fingerprint density at radius 3 is 2.43 bits per heavy atom. The van der Waals surface area contributed by atoms with Crippen LogP contribution in [0, 0.1) is 18.6 Å². The van der Waals surface area contributed by atoms with Gasteiger partial charge in [0, 0.05) is 17.8 Å². The summed E-state index contributed by atoms with van der Waals surface area (Å²) in [5.74, 6) is -0.167. The molecule has 0 radical (unpaired) electrons. The van der Waals surface area contributed by atoms with Crippen molar-refractivity contribution < 1.29 is 13.3 Å². The molecule has 0 amide bonds. The van der Waals surface area contributed by atoms with Crippen molar-refractivity contribution in [3.8, 4) is 11.4 Å². The monoisotopic (exact) mass is 488 g/mol. The van der Waals surface area contributed by atoms with E-state index in [0.717, 1.165) is 16.8 Å². The normalized spacial score (nSPS) is 15.9. The summed E-state index contributed by atoms with van der Waals surface area (Å²) < 4.78 is 33.1. The zero-order valence-corrected chi connectivity index (χ0v) is 19.9. The van der Waals surface area contributed by atoms with Gasteiger partial charge in [0.2, 0.25) is 5.82 Å². The van der Waals surface area contributed by atoms with Gasteiger partial charge < -0.3 is 14.7 Å². The maximum Gasteiger partial charge on any atom is 0.258 e. The zero-order chi connectivity index (χ0) is 24.5. The minimum atomic E-state index is -0.432. The lowest BCUT2D eigenvalue weighted by Crippen LogP contribution is -2.45. The molecule has 0 aliphatic carbocycles. The Labute approximate surface area is 207 Å². The molecule has 1 aliphatic rings. The van der Waals surface area contributed by atoms with Gasteiger partial charge in [-0.05, 0) is 61.5 Å². The first-order chi connectivity index (χ1) is 16.9. The summed E-state index contributed by atoms with van der Waals surface area (Å²) in [4.78, 5) is 6.55. The second-order valence-corrected chi connectivity index (χ2v) is 8.83. The fraction of sp³-hybridized carbons (Fsp3) is 0.148.